The van der Waals surface area contributed by atoms with Gasteiger partial charge in [0.2, 0.25) is 0 Å². The van der Waals surface area contributed by atoms with Crippen LogP contribution in [-0.4, -0.2) is 46.8 Å². The molecule has 0 radical (unpaired) electrons. The van der Waals surface area contributed by atoms with Gasteiger partial charge in [0, 0.05) is 24.8 Å². The molecule has 1 fully saturated rings. The first-order valence-corrected chi connectivity index (χ1v) is 8.08. The topological polar surface area (TPSA) is 58.2 Å². The van der Waals surface area contributed by atoms with Crippen LogP contribution < -0.4 is 0 Å². The third kappa shape index (κ3) is 3.29. The van der Waals surface area contributed by atoms with Crippen LogP contribution >= 0.6 is 0 Å². The minimum Gasteiger partial charge on any atom is -0.380 e. The summed E-state index contributed by atoms with van der Waals surface area (Å²) in [5.41, 5.74) is 4.83. The molecule has 122 valence electrons. The zero-order valence-electron chi connectivity index (χ0n) is 13.9. The van der Waals surface area contributed by atoms with Crippen molar-refractivity contribution in [2.75, 3.05) is 19.8 Å². The maximum absolute atomic E-state index is 12.7. The van der Waals surface area contributed by atoms with Crippen molar-refractivity contribution in [3.8, 4) is 11.3 Å². The summed E-state index contributed by atoms with van der Waals surface area (Å²) in [6, 6.07) is 8.23. The number of H-pyrrole nitrogens is 1. The summed E-state index contributed by atoms with van der Waals surface area (Å²) in [6.45, 7) is 8.15. The van der Waals surface area contributed by atoms with E-state index < -0.39 is 0 Å². The fourth-order valence-electron chi connectivity index (χ4n) is 2.83. The molecule has 0 spiro atoms. The van der Waals surface area contributed by atoms with Gasteiger partial charge in [0.15, 0.2) is 0 Å². The predicted molar refractivity (Wildman–Crippen MR) is 89.4 cm³/mol. The second-order valence-electron chi connectivity index (χ2n) is 6.21. The molecule has 1 aromatic heterocycles. The van der Waals surface area contributed by atoms with E-state index in [1.807, 2.05) is 17.0 Å². The van der Waals surface area contributed by atoms with Crippen LogP contribution in [0, 0.1) is 13.8 Å². The average Bonchev–Trinajstić information content (AvgIpc) is 2.93. The quantitative estimate of drug-likeness (QED) is 0.927. The second-order valence-corrected chi connectivity index (χ2v) is 6.21. The first-order valence-electron chi connectivity index (χ1n) is 8.08. The van der Waals surface area contributed by atoms with Crippen LogP contribution in [0.1, 0.15) is 35.0 Å². The molecule has 1 aromatic carbocycles. The van der Waals surface area contributed by atoms with Crippen molar-refractivity contribution >= 4 is 5.91 Å². The van der Waals surface area contributed by atoms with Crippen LogP contribution in [0.2, 0.25) is 0 Å². The average molecular weight is 313 g/mol. The fourth-order valence-corrected chi connectivity index (χ4v) is 2.83. The number of rotatable bonds is 2. The number of carbonyl (C=O) groups is 1. The Morgan fingerprint density at radius 1 is 1.26 bits per heavy atom. The van der Waals surface area contributed by atoms with Gasteiger partial charge in [-0.05, 0) is 50.5 Å². The van der Waals surface area contributed by atoms with Gasteiger partial charge in [0.1, 0.15) is 5.69 Å². The van der Waals surface area contributed by atoms with E-state index in [1.165, 1.54) is 11.1 Å². The van der Waals surface area contributed by atoms with Crippen molar-refractivity contribution in [3.05, 3.63) is 41.1 Å². The Morgan fingerprint density at radius 3 is 2.87 bits per heavy atom. The molecule has 0 aliphatic carbocycles. The summed E-state index contributed by atoms with van der Waals surface area (Å²) in [5.74, 6) is -0.00872. The Kier molecular flexibility index (Phi) is 4.48. The highest BCUT2D eigenvalue weighted by Gasteiger charge is 2.24. The zero-order chi connectivity index (χ0) is 16.4. The maximum atomic E-state index is 12.7. The minimum atomic E-state index is -0.00872. The predicted octanol–water partition coefficient (Wildman–Crippen LogP) is 2.94. The molecule has 0 bridgehead atoms. The van der Waals surface area contributed by atoms with E-state index in [0.29, 0.717) is 25.5 Å². The zero-order valence-corrected chi connectivity index (χ0v) is 13.9. The molecule has 1 amide bonds. The molecule has 1 aliphatic heterocycles. The van der Waals surface area contributed by atoms with Crippen LogP contribution in [0.15, 0.2) is 24.3 Å². The number of benzene rings is 1. The summed E-state index contributed by atoms with van der Waals surface area (Å²) in [4.78, 5) is 14.6. The van der Waals surface area contributed by atoms with E-state index in [1.54, 1.807) is 0 Å². The van der Waals surface area contributed by atoms with Crippen molar-refractivity contribution in [3.63, 3.8) is 0 Å². The van der Waals surface area contributed by atoms with Crippen LogP contribution in [0.25, 0.3) is 11.3 Å². The highest BCUT2D eigenvalue weighted by atomic mass is 16.5. The molecule has 1 N–H and O–H groups in total. The van der Waals surface area contributed by atoms with Gasteiger partial charge in [-0.25, -0.2) is 0 Å². The van der Waals surface area contributed by atoms with E-state index in [2.05, 4.69) is 43.1 Å². The number of aryl methyl sites for hydroxylation is 2. The van der Waals surface area contributed by atoms with E-state index in [-0.39, 0.29) is 11.9 Å². The number of nitrogens with zero attached hydrogens (tertiary/aromatic N) is 2. The van der Waals surface area contributed by atoms with Gasteiger partial charge >= 0.3 is 0 Å². The molecule has 3 rings (SSSR count). The number of nitrogens with one attached hydrogen (secondary N) is 1. The SMILES string of the molecule is Cc1ccc(-c2cc(C(=O)N3CCOCC[C@@H]3C)[nH]n2)cc1C. The molecular formula is C18H23N3O2. The second kappa shape index (κ2) is 6.54. The Hall–Kier alpha value is -2.14. The normalized spacial score (nSPS) is 18.7. The first-order chi connectivity index (χ1) is 11.1. The summed E-state index contributed by atoms with van der Waals surface area (Å²) in [6.07, 6.45) is 0.865. The Labute approximate surface area is 136 Å². The summed E-state index contributed by atoms with van der Waals surface area (Å²) >= 11 is 0. The number of hydrogen-bond acceptors (Lipinski definition) is 3. The van der Waals surface area contributed by atoms with Gasteiger partial charge in [-0.2, -0.15) is 5.10 Å². The molecule has 5 nitrogen and oxygen atoms in total. The van der Waals surface area contributed by atoms with E-state index in [0.717, 1.165) is 17.7 Å². The Balaban J connectivity index is 1.83. The molecule has 1 aliphatic rings. The third-order valence-corrected chi connectivity index (χ3v) is 4.56. The van der Waals surface area contributed by atoms with Crippen LogP contribution in [0.5, 0.6) is 0 Å². The number of aromatic amines is 1. The molecule has 0 unspecified atom stereocenters. The van der Waals surface area contributed by atoms with Crippen LogP contribution in [0.4, 0.5) is 0 Å². The maximum Gasteiger partial charge on any atom is 0.272 e. The first kappa shape index (κ1) is 15.7. The smallest absolute Gasteiger partial charge is 0.272 e. The summed E-state index contributed by atoms with van der Waals surface area (Å²) in [7, 11) is 0. The van der Waals surface area contributed by atoms with Gasteiger partial charge in [-0.3, -0.25) is 9.89 Å². The lowest BCUT2D eigenvalue weighted by molar-refractivity contribution is 0.0681. The van der Waals surface area contributed by atoms with Crippen molar-refractivity contribution in [1.29, 1.82) is 0 Å². The van der Waals surface area contributed by atoms with Crippen LogP contribution in [-0.2, 0) is 4.74 Å². The van der Waals surface area contributed by atoms with Gasteiger partial charge < -0.3 is 9.64 Å². The molecule has 1 atom stereocenters. The molecule has 23 heavy (non-hydrogen) atoms. The highest BCUT2D eigenvalue weighted by molar-refractivity contribution is 5.93. The molecule has 5 heteroatoms. The van der Waals surface area contributed by atoms with Crippen molar-refractivity contribution in [2.45, 2.75) is 33.2 Å². The van der Waals surface area contributed by atoms with E-state index in [9.17, 15) is 4.79 Å². The molecule has 2 aromatic rings. The summed E-state index contributed by atoms with van der Waals surface area (Å²) < 4.78 is 5.46. The number of amides is 1. The van der Waals surface area contributed by atoms with Crippen LogP contribution in [0.3, 0.4) is 0 Å². The molecule has 0 saturated carbocycles. The van der Waals surface area contributed by atoms with Crippen molar-refractivity contribution in [1.82, 2.24) is 15.1 Å². The molecule has 2 heterocycles. The van der Waals surface area contributed by atoms with E-state index in [4.69, 9.17) is 4.74 Å². The van der Waals surface area contributed by atoms with E-state index >= 15 is 0 Å². The lowest BCUT2D eigenvalue weighted by Crippen LogP contribution is -2.39. The lowest BCUT2D eigenvalue weighted by atomic mass is 10.0. The molecule has 1 saturated heterocycles. The largest absolute Gasteiger partial charge is 0.380 e. The van der Waals surface area contributed by atoms with Gasteiger partial charge in [-0.1, -0.05) is 12.1 Å². The Morgan fingerprint density at radius 2 is 2.09 bits per heavy atom. The number of carbonyl (C=O) groups excluding carboxylic acids is 1. The third-order valence-electron chi connectivity index (χ3n) is 4.56. The standard InChI is InChI=1S/C18H23N3O2/c1-12-4-5-15(10-13(12)2)16-11-17(20-19-16)18(22)21-7-9-23-8-6-14(21)3/h4-5,10-11,14H,6-9H2,1-3H3,(H,19,20)/t14-/m0/s1. The molecular weight excluding hydrogens is 290 g/mol. The number of hydrogen-bond donors (Lipinski definition) is 1. The number of ether oxygens (including phenoxy) is 1. The van der Waals surface area contributed by atoms with Crippen molar-refractivity contribution < 1.29 is 9.53 Å². The van der Waals surface area contributed by atoms with Gasteiger partial charge in [0.05, 0.1) is 12.3 Å². The number of aromatic nitrogens is 2. The summed E-state index contributed by atoms with van der Waals surface area (Å²) in [5, 5.41) is 7.21. The van der Waals surface area contributed by atoms with Crippen molar-refractivity contribution in [2.24, 2.45) is 0 Å². The van der Waals surface area contributed by atoms with Gasteiger partial charge in [0.25, 0.3) is 5.91 Å². The fraction of sp³-hybridized carbons (Fsp3) is 0.444. The Bertz CT molecular complexity index is 708. The minimum absolute atomic E-state index is 0.00872. The lowest BCUT2D eigenvalue weighted by Gasteiger charge is -2.25. The highest BCUT2D eigenvalue weighted by Crippen LogP contribution is 2.22. The monoisotopic (exact) mass is 313 g/mol. The van der Waals surface area contributed by atoms with Gasteiger partial charge in [-0.15, -0.1) is 0 Å².